The van der Waals surface area contributed by atoms with Gasteiger partial charge in [0.2, 0.25) is 0 Å². The number of benzene rings is 2. The number of carbonyl (C=O) groups excluding carboxylic acids is 3. The fraction of sp³-hybridized carbons (Fsp3) is 0.516. The molecule has 1 atom stereocenters. The second kappa shape index (κ2) is 13.0. The number of phenols is 1. The van der Waals surface area contributed by atoms with Crippen LogP contribution in [0.25, 0.3) is 0 Å². The van der Waals surface area contributed by atoms with Gasteiger partial charge in [-0.3, -0.25) is 14.4 Å². The first-order chi connectivity index (χ1) is 18.5. The van der Waals surface area contributed by atoms with Crippen molar-refractivity contribution in [2.75, 3.05) is 20.3 Å². The molecule has 8 nitrogen and oxygen atoms in total. The van der Waals surface area contributed by atoms with E-state index in [4.69, 9.17) is 18.9 Å². The van der Waals surface area contributed by atoms with Crippen LogP contribution < -0.4 is 14.2 Å². The third-order valence-corrected chi connectivity index (χ3v) is 6.92. The number of fused-ring (bicyclic) bond motifs is 1. The predicted molar refractivity (Wildman–Crippen MR) is 147 cm³/mol. The number of aromatic hydroxyl groups is 1. The van der Waals surface area contributed by atoms with Crippen LogP contribution >= 0.6 is 0 Å². The molecular formula is C31H40O8. The van der Waals surface area contributed by atoms with Gasteiger partial charge in [0.25, 0.3) is 0 Å². The highest BCUT2D eigenvalue weighted by Gasteiger charge is 2.38. The van der Waals surface area contributed by atoms with Crippen molar-refractivity contribution in [2.45, 2.75) is 84.7 Å². The van der Waals surface area contributed by atoms with Gasteiger partial charge in [-0.05, 0) is 56.9 Å². The monoisotopic (exact) mass is 540 g/mol. The van der Waals surface area contributed by atoms with E-state index in [0.717, 1.165) is 12.0 Å². The minimum absolute atomic E-state index is 0.0130. The molecule has 1 aliphatic rings. The van der Waals surface area contributed by atoms with Gasteiger partial charge in [-0.1, -0.05) is 27.2 Å². The van der Waals surface area contributed by atoms with Gasteiger partial charge in [0.1, 0.15) is 28.6 Å². The van der Waals surface area contributed by atoms with Crippen molar-refractivity contribution in [1.82, 2.24) is 0 Å². The summed E-state index contributed by atoms with van der Waals surface area (Å²) in [5, 5.41) is 10.6. The number of ketones is 2. The summed E-state index contributed by atoms with van der Waals surface area (Å²) in [6, 6.07) is 6.87. The van der Waals surface area contributed by atoms with Gasteiger partial charge in [-0.25, -0.2) is 0 Å². The Balaban J connectivity index is 1.70. The Labute approximate surface area is 230 Å². The average molecular weight is 541 g/mol. The lowest BCUT2D eigenvalue weighted by atomic mass is 9.86. The lowest BCUT2D eigenvalue weighted by Crippen LogP contribution is -2.40. The van der Waals surface area contributed by atoms with Crippen LogP contribution in [-0.2, 0) is 16.0 Å². The zero-order valence-corrected chi connectivity index (χ0v) is 23.8. The van der Waals surface area contributed by atoms with Crippen LogP contribution in [-0.4, -0.2) is 48.6 Å². The number of hydrogen-bond acceptors (Lipinski definition) is 8. The molecule has 0 amide bonds. The van der Waals surface area contributed by atoms with Crippen molar-refractivity contribution in [3.8, 4) is 23.0 Å². The number of hydrogen-bond donors (Lipinski definition) is 1. The summed E-state index contributed by atoms with van der Waals surface area (Å²) >= 11 is 0. The van der Waals surface area contributed by atoms with Crippen molar-refractivity contribution >= 4 is 17.5 Å². The Hall–Kier alpha value is -3.55. The van der Waals surface area contributed by atoms with E-state index < -0.39 is 5.60 Å². The maximum Gasteiger partial charge on any atom is 0.305 e. The Bertz CT molecular complexity index is 1220. The first-order valence-corrected chi connectivity index (χ1v) is 13.6. The quantitative estimate of drug-likeness (QED) is 0.182. The molecule has 0 aliphatic carbocycles. The van der Waals surface area contributed by atoms with Crippen molar-refractivity contribution in [3.05, 3.63) is 46.5 Å². The van der Waals surface area contributed by atoms with E-state index >= 15 is 0 Å². The summed E-state index contributed by atoms with van der Waals surface area (Å²) in [4.78, 5) is 36.5. The summed E-state index contributed by atoms with van der Waals surface area (Å²) in [6.07, 6.45) is 2.83. The lowest BCUT2D eigenvalue weighted by molar-refractivity contribution is -0.141. The molecule has 3 rings (SSSR count). The number of carbonyl (C=O) groups is 3. The molecule has 0 aromatic heterocycles. The largest absolute Gasteiger partial charge is 0.507 e. The summed E-state index contributed by atoms with van der Waals surface area (Å²) in [6.45, 7) is 9.93. The number of Topliss-reactive ketones (excluding diaryl/α,β-unsaturated/α-hetero) is 2. The van der Waals surface area contributed by atoms with E-state index in [9.17, 15) is 19.5 Å². The van der Waals surface area contributed by atoms with E-state index in [0.29, 0.717) is 60.9 Å². The van der Waals surface area contributed by atoms with Crippen LogP contribution in [0.1, 0.15) is 104 Å². The number of ether oxygens (including phenoxy) is 4. The molecule has 212 valence electrons. The van der Waals surface area contributed by atoms with E-state index in [1.54, 1.807) is 18.2 Å². The average Bonchev–Trinajstić information content (AvgIpc) is 2.87. The number of esters is 1. The summed E-state index contributed by atoms with van der Waals surface area (Å²) in [5.74, 6) is 1.14. The molecule has 0 bridgehead atoms. The topological polar surface area (TPSA) is 108 Å². The van der Waals surface area contributed by atoms with Crippen molar-refractivity contribution in [1.29, 1.82) is 0 Å². The lowest BCUT2D eigenvalue weighted by Gasteiger charge is -2.36. The van der Waals surface area contributed by atoms with Crippen LogP contribution in [0.4, 0.5) is 0 Å². The molecule has 2 aromatic carbocycles. The van der Waals surface area contributed by atoms with Gasteiger partial charge in [0.15, 0.2) is 11.6 Å². The van der Waals surface area contributed by atoms with Gasteiger partial charge in [0.05, 0.1) is 37.9 Å². The zero-order chi connectivity index (χ0) is 28.7. The molecule has 2 aromatic rings. The van der Waals surface area contributed by atoms with Crippen molar-refractivity contribution in [2.24, 2.45) is 0 Å². The molecule has 1 unspecified atom stereocenters. The standard InChI is InChI=1S/C31H40O8/c1-7-9-23-25(12-11-22-24(33)18-31(5,39-30(22)23)15-14-27(34)36-6)37-16-8-17-38-26-13-10-21(20(4)32)29(35)28(26)19(2)3/h10-13,19,35H,7-9,14-18H2,1-6H3. The molecular weight excluding hydrogens is 500 g/mol. The number of phenolic OH excluding ortho intramolecular Hbond substituents is 1. The Kier molecular flexibility index (Phi) is 10.0. The zero-order valence-electron chi connectivity index (χ0n) is 23.8. The molecule has 0 saturated heterocycles. The van der Waals surface area contributed by atoms with Crippen LogP contribution in [0.5, 0.6) is 23.0 Å². The van der Waals surface area contributed by atoms with Crippen LogP contribution in [0.2, 0.25) is 0 Å². The maximum atomic E-state index is 13.0. The van der Waals surface area contributed by atoms with Gasteiger partial charge in [-0.2, -0.15) is 0 Å². The van der Waals surface area contributed by atoms with Gasteiger partial charge >= 0.3 is 5.97 Å². The van der Waals surface area contributed by atoms with Gasteiger partial charge < -0.3 is 24.1 Å². The summed E-state index contributed by atoms with van der Waals surface area (Å²) in [5.41, 5.74) is 1.48. The fourth-order valence-corrected chi connectivity index (χ4v) is 4.87. The molecule has 1 heterocycles. The maximum absolute atomic E-state index is 13.0. The highest BCUT2D eigenvalue weighted by molar-refractivity contribution is 6.01. The minimum Gasteiger partial charge on any atom is -0.507 e. The molecule has 8 heteroatoms. The first-order valence-electron chi connectivity index (χ1n) is 13.6. The predicted octanol–water partition coefficient (Wildman–Crippen LogP) is 6.20. The Morgan fingerprint density at radius 2 is 1.77 bits per heavy atom. The van der Waals surface area contributed by atoms with E-state index in [1.807, 2.05) is 26.8 Å². The van der Waals surface area contributed by atoms with Crippen LogP contribution in [0, 0.1) is 0 Å². The molecule has 1 N–H and O–H groups in total. The second-order valence-corrected chi connectivity index (χ2v) is 10.5. The van der Waals surface area contributed by atoms with E-state index in [2.05, 4.69) is 6.92 Å². The molecule has 39 heavy (non-hydrogen) atoms. The number of methoxy groups -OCH3 is 1. The molecule has 0 spiro atoms. The Morgan fingerprint density at radius 1 is 1.10 bits per heavy atom. The highest BCUT2D eigenvalue weighted by atomic mass is 16.5. The summed E-state index contributed by atoms with van der Waals surface area (Å²) in [7, 11) is 1.35. The van der Waals surface area contributed by atoms with Crippen LogP contribution in [0.3, 0.4) is 0 Å². The first kappa shape index (κ1) is 30.0. The van der Waals surface area contributed by atoms with Gasteiger partial charge in [-0.15, -0.1) is 0 Å². The van der Waals surface area contributed by atoms with Gasteiger partial charge in [0, 0.05) is 24.0 Å². The Morgan fingerprint density at radius 3 is 2.38 bits per heavy atom. The molecule has 0 fully saturated rings. The normalized spacial score (nSPS) is 16.4. The van der Waals surface area contributed by atoms with Crippen LogP contribution in [0.15, 0.2) is 24.3 Å². The number of rotatable bonds is 13. The SMILES string of the molecule is CCCc1c(OCCCOc2ccc(C(C)=O)c(O)c2C(C)C)ccc2c1OC(C)(CCC(=O)OC)CC2=O. The van der Waals surface area contributed by atoms with Crippen molar-refractivity contribution in [3.63, 3.8) is 0 Å². The third-order valence-electron chi connectivity index (χ3n) is 6.92. The molecule has 1 aliphatic heterocycles. The minimum atomic E-state index is -0.801. The second-order valence-electron chi connectivity index (χ2n) is 10.5. The van der Waals surface area contributed by atoms with Crippen molar-refractivity contribution < 1.29 is 38.4 Å². The van der Waals surface area contributed by atoms with E-state index in [-0.39, 0.29) is 47.6 Å². The molecule has 0 saturated carbocycles. The highest BCUT2D eigenvalue weighted by Crippen LogP contribution is 2.42. The smallest absolute Gasteiger partial charge is 0.305 e. The summed E-state index contributed by atoms with van der Waals surface area (Å²) < 4.78 is 23.2. The molecule has 0 radical (unpaired) electrons. The third kappa shape index (κ3) is 7.11. The fourth-order valence-electron chi connectivity index (χ4n) is 4.87. The van der Waals surface area contributed by atoms with E-state index in [1.165, 1.54) is 14.0 Å².